The van der Waals surface area contributed by atoms with Crippen molar-refractivity contribution >= 4 is 17.8 Å². The molecule has 0 saturated carbocycles. The molecule has 0 spiro atoms. The normalized spacial score (nSPS) is 17.2. The number of likely N-dealkylation sites (tertiary alicyclic amines) is 1. The monoisotopic (exact) mass is 347 g/mol. The van der Waals surface area contributed by atoms with E-state index in [0.29, 0.717) is 13.1 Å². The van der Waals surface area contributed by atoms with Crippen molar-refractivity contribution in [2.24, 2.45) is 5.41 Å². The first-order valence-corrected chi connectivity index (χ1v) is 8.44. The summed E-state index contributed by atoms with van der Waals surface area (Å²) in [4.78, 5) is 41.9. The summed E-state index contributed by atoms with van der Waals surface area (Å²) in [6.45, 7) is 6.10. The van der Waals surface area contributed by atoms with E-state index in [1.54, 1.807) is 39.2 Å². The Hall–Kier alpha value is -2.44. The molecule has 1 saturated heterocycles. The number of hydrogen-bond acceptors (Lipinski definition) is 5. The molecule has 1 aliphatic rings. The molecule has 0 bridgehead atoms. The highest BCUT2D eigenvalue weighted by atomic mass is 16.5. The second-order valence-corrected chi connectivity index (χ2v) is 7.19. The highest BCUT2D eigenvalue weighted by molar-refractivity contribution is 6.37. The van der Waals surface area contributed by atoms with Crippen molar-refractivity contribution in [3.8, 4) is 0 Å². The second kappa shape index (κ2) is 8.09. The molecule has 0 unspecified atom stereocenters. The van der Waals surface area contributed by atoms with E-state index in [4.69, 9.17) is 4.74 Å². The van der Waals surface area contributed by atoms with Crippen molar-refractivity contribution in [2.75, 3.05) is 13.2 Å². The number of amides is 2. The minimum absolute atomic E-state index is 0.0854. The zero-order chi connectivity index (χ0) is 18.4. The van der Waals surface area contributed by atoms with E-state index in [1.807, 2.05) is 6.07 Å². The van der Waals surface area contributed by atoms with E-state index >= 15 is 0 Å². The van der Waals surface area contributed by atoms with E-state index in [-0.39, 0.29) is 12.6 Å². The van der Waals surface area contributed by atoms with Crippen LogP contribution in [0.25, 0.3) is 0 Å². The van der Waals surface area contributed by atoms with Crippen LogP contribution in [-0.4, -0.2) is 46.9 Å². The number of carbonyl (C=O) groups excluding carboxylic acids is 3. The Balaban J connectivity index is 1.82. The van der Waals surface area contributed by atoms with Gasteiger partial charge in [0.05, 0.1) is 6.04 Å². The Morgan fingerprint density at radius 1 is 1.36 bits per heavy atom. The van der Waals surface area contributed by atoms with Gasteiger partial charge in [-0.15, -0.1) is 0 Å². The summed E-state index contributed by atoms with van der Waals surface area (Å²) >= 11 is 0. The van der Waals surface area contributed by atoms with E-state index in [1.165, 1.54) is 4.90 Å². The van der Waals surface area contributed by atoms with Crippen molar-refractivity contribution in [1.82, 2.24) is 15.2 Å². The summed E-state index contributed by atoms with van der Waals surface area (Å²) in [5, 5.41) is 2.64. The molecule has 1 aliphatic heterocycles. The molecule has 25 heavy (non-hydrogen) atoms. The SMILES string of the molecule is CC(C)(C)C(=O)C(=O)N1CCC[C@H]1COC(=O)NCc1cccnc1. The first-order chi connectivity index (χ1) is 11.8. The van der Waals surface area contributed by atoms with Crippen LogP contribution in [0.4, 0.5) is 4.79 Å². The predicted octanol–water partition coefficient (Wildman–Crippen LogP) is 1.91. The van der Waals surface area contributed by atoms with Crippen LogP contribution in [0, 0.1) is 5.41 Å². The summed E-state index contributed by atoms with van der Waals surface area (Å²) in [5.74, 6) is -0.908. The molecule has 1 N–H and O–H groups in total. The lowest BCUT2D eigenvalue weighted by molar-refractivity contribution is -0.149. The van der Waals surface area contributed by atoms with Gasteiger partial charge in [0.1, 0.15) is 6.61 Å². The molecule has 0 aliphatic carbocycles. The Bertz CT molecular complexity index is 625. The van der Waals surface area contributed by atoms with Gasteiger partial charge in [0, 0.05) is 30.9 Å². The zero-order valence-corrected chi connectivity index (χ0v) is 14.9. The molecular formula is C18H25N3O4. The van der Waals surface area contributed by atoms with Gasteiger partial charge in [0.25, 0.3) is 5.91 Å². The third kappa shape index (κ3) is 5.27. The van der Waals surface area contributed by atoms with Gasteiger partial charge >= 0.3 is 6.09 Å². The van der Waals surface area contributed by atoms with Crippen molar-refractivity contribution in [2.45, 2.75) is 46.2 Å². The Kier molecular flexibility index (Phi) is 6.12. The van der Waals surface area contributed by atoms with Crippen LogP contribution in [0.2, 0.25) is 0 Å². The molecule has 1 atom stereocenters. The number of nitrogens with zero attached hydrogens (tertiary/aromatic N) is 2. The van der Waals surface area contributed by atoms with Crippen LogP contribution in [0.15, 0.2) is 24.5 Å². The molecule has 0 radical (unpaired) electrons. The lowest BCUT2D eigenvalue weighted by atomic mass is 9.90. The molecule has 0 aromatic carbocycles. The molecule has 2 rings (SSSR count). The number of pyridine rings is 1. The molecule has 1 aromatic rings. The number of Topliss-reactive ketones (excluding diaryl/α,β-unsaturated/α-hetero) is 1. The molecule has 7 heteroatoms. The van der Waals surface area contributed by atoms with Crippen LogP contribution in [0.1, 0.15) is 39.2 Å². The highest BCUT2D eigenvalue weighted by Crippen LogP contribution is 2.22. The lowest BCUT2D eigenvalue weighted by Crippen LogP contribution is -2.46. The van der Waals surface area contributed by atoms with Gasteiger partial charge in [-0.05, 0) is 24.5 Å². The molecule has 136 valence electrons. The molecule has 2 heterocycles. The number of aromatic nitrogens is 1. The quantitative estimate of drug-likeness (QED) is 0.822. The highest BCUT2D eigenvalue weighted by Gasteiger charge is 2.37. The van der Waals surface area contributed by atoms with Crippen molar-refractivity contribution < 1.29 is 19.1 Å². The molecule has 1 aromatic heterocycles. The third-order valence-corrected chi connectivity index (χ3v) is 4.08. The van der Waals surface area contributed by atoms with Gasteiger partial charge in [0.2, 0.25) is 5.78 Å². The first-order valence-electron chi connectivity index (χ1n) is 8.44. The number of nitrogens with one attached hydrogen (secondary N) is 1. The van der Waals surface area contributed by atoms with Crippen molar-refractivity contribution in [3.63, 3.8) is 0 Å². The molecular weight excluding hydrogens is 322 g/mol. The van der Waals surface area contributed by atoms with Crippen molar-refractivity contribution in [3.05, 3.63) is 30.1 Å². The summed E-state index contributed by atoms with van der Waals surface area (Å²) < 4.78 is 5.22. The number of alkyl carbamates (subject to hydrolysis) is 1. The van der Waals surface area contributed by atoms with E-state index in [0.717, 1.165) is 18.4 Å². The van der Waals surface area contributed by atoms with Crippen LogP contribution >= 0.6 is 0 Å². The first kappa shape index (κ1) is 18.9. The smallest absolute Gasteiger partial charge is 0.407 e. The van der Waals surface area contributed by atoms with E-state index < -0.39 is 23.2 Å². The summed E-state index contributed by atoms with van der Waals surface area (Å²) in [6.07, 6.45) is 4.29. The minimum atomic E-state index is -0.716. The molecule has 2 amide bonds. The average molecular weight is 347 g/mol. The lowest BCUT2D eigenvalue weighted by Gasteiger charge is -2.26. The van der Waals surface area contributed by atoms with Gasteiger partial charge in [-0.25, -0.2) is 4.79 Å². The van der Waals surface area contributed by atoms with Gasteiger partial charge in [0.15, 0.2) is 0 Å². The molecule has 7 nitrogen and oxygen atoms in total. The topological polar surface area (TPSA) is 88.6 Å². The maximum atomic E-state index is 12.4. The number of hydrogen-bond donors (Lipinski definition) is 1. The second-order valence-electron chi connectivity index (χ2n) is 7.19. The Morgan fingerprint density at radius 3 is 2.76 bits per heavy atom. The number of rotatable bonds is 5. The maximum Gasteiger partial charge on any atom is 0.407 e. The Labute approximate surface area is 147 Å². The van der Waals surface area contributed by atoms with Crippen LogP contribution in [0.3, 0.4) is 0 Å². The van der Waals surface area contributed by atoms with Crippen LogP contribution in [-0.2, 0) is 20.9 Å². The minimum Gasteiger partial charge on any atom is -0.447 e. The van der Waals surface area contributed by atoms with Gasteiger partial charge < -0.3 is 15.0 Å². The average Bonchev–Trinajstić information content (AvgIpc) is 3.05. The fourth-order valence-electron chi connectivity index (χ4n) is 2.63. The summed E-state index contributed by atoms with van der Waals surface area (Å²) in [5.41, 5.74) is 0.152. The van der Waals surface area contributed by atoms with Gasteiger partial charge in [-0.1, -0.05) is 26.8 Å². The fraction of sp³-hybridized carbons (Fsp3) is 0.556. The standard InChI is InChI=1S/C18H25N3O4/c1-18(2,3)15(22)16(23)21-9-5-7-14(21)12-25-17(24)20-11-13-6-4-8-19-10-13/h4,6,8,10,14H,5,7,9,11-12H2,1-3H3,(H,20,24)/t14-/m0/s1. The summed E-state index contributed by atoms with van der Waals surface area (Å²) in [6, 6.07) is 3.39. The van der Waals surface area contributed by atoms with E-state index in [9.17, 15) is 14.4 Å². The number of ether oxygens (including phenoxy) is 1. The molecule has 1 fully saturated rings. The van der Waals surface area contributed by atoms with E-state index in [2.05, 4.69) is 10.3 Å². The predicted molar refractivity (Wildman–Crippen MR) is 91.6 cm³/mol. The number of carbonyl (C=O) groups is 3. The summed E-state index contributed by atoms with van der Waals surface area (Å²) in [7, 11) is 0. The fourth-order valence-corrected chi connectivity index (χ4v) is 2.63. The number of ketones is 1. The maximum absolute atomic E-state index is 12.4. The van der Waals surface area contributed by atoms with Gasteiger partial charge in [-0.2, -0.15) is 0 Å². The van der Waals surface area contributed by atoms with Crippen LogP contribution < -0.4 is 5.32 Å². The zero-order valence-electron chi connectivity index (χ0n) is 14.9. The Morgan fingerprint density at radius 2 is 2.12 bits per heavy atom. The third-order valence-electron chi connectivity index (χ3n) is 4.08. The van der Waals surface area contributed by atoms with Crippen molar-refractivity contribution in [1.29, 1.82) is 0 Å². The largest absolute Gasteiger partial charge is 0.447 e. The van der Waals surface area contributed by atoms with Crippen LogP contribution in [0.5, 0.6) is 0 Å². The van der Waals surface area contributed by atoms with Gasteiger partial charge in [-0.3, -0.25) is 14.6 Å².